The van der Waals surface area contributed by atoms with Gasteiger partial charge in [-0.3, -0.25) is 4.79 Å². The minimum Gasteiger partial charge on any atom is -0.346 e. The first-order valence-electron chi connectivity index (χ1n) is 6.92. The molecular formula is C16H22FNO. The molecule has 1 aromatic rings. The minimum absolute atomic E-state index is 0.0544. The van der Waals surface area contributed by atoms with E-state index in [2.05, 4.69) is 5.32 Å². The van der Waals surface area contributed by atoms with Gasteiger partial charge in [0.05, 0.1) is 5.54 Å². The van der Waals surface area contributed by atoms with Gasteiger partial charge in [-0.2, -0.15) is 0 Å². The Morgan fingerprint density at radius 2 is 1.68 bits per heavy atom. The van der Waals surface area contributed by atoms with Crippen LogP contribution in [0.1, 0.15) is 52.0 Å². The number of benzene rings is 1. The molecule has 104 valence electrons. The molecule has 0 atom stereocenters. The summed E-state index contributed by atoms with van der Waals surface area (Å²) in [7, 11) is 0. The van der Waals surface area contributed by atoms with Crippen molar-refractivity contribution < 1.29 is 9.18 Å². The van der Waals surface area contributed by atoms with Gasteiger partial charge in [0, 0.05) is 5.41 Å². The van der Waals surface area contributed by atoms with Crippen molar-refractivity contribution in [1.82, 2.24) is 5.32 Å². The molecule has 0 saturated heterocycles. The molecule has 0 aromatic heterocycles. The van der Waals surface area contributed by atoms with Crippen LogP contribution in [0.15, 0.2) is 24.3 Å². The van der Waals surface area contributed by atoms with E-state index in [4.69, 9.17) is 0 Å². The van der Waals surface area contributed by atoms with Crippen LogP contribution in [0.3, 0.4) is 0 Å². The van der Waals surface area contributed by atoms with Crippen LogP contribution in [0.5, 0.6) is 0 Å². The van der Waals surface area contributed by atoms with E-state index in [0.717, 1.165) is 31.2 Å². The van der Waals surface area contributed by atoms with E-state index in [1.54, 1.807) is 12.1 Å². The van der Waals surface area contributed by atoms with E-state index < -0.39 is 5.41 Å². The Morgan fingerprint density at radius 1 is 1.16 bits per heavy atom. The van der Waals surface area contributed by atoms with Crippen LogP contribution in [-0.2, 0) is 10.3 Å². The van der Waals surface area contributed by atoms with Crippen molar-refractivity contribution >= 4 is 5.91 Å². The lowest BCUT2D eigenvalue weighted by molar-refractivity contribution is -0.130. The van der Waals surface area contributed by atoms with Gasteiger partial charge in [0.25, 0.3) is 0 Å². The second kappa shape index (κ2) is 4.95. The van der Waals surface area contributed by atoms with Crippen molar-refractivity contribution in [2.75, 3.05) is 0 Å². The molecule has 19 heavy (non-hydrogen) atoms. The fraction of sp³-hybridized carbons (Fsp3) is 0.562. The number of halogens is 1. The van der Waals surface area contributed by atoms with Crippen LogP contribution < -0.4 is 5.32 Å². The van der Waals surface area contributed by atoms with E-state index >= 15 is 0 Å². The van der Waals surface area contributed by atoms with Crippen LogP contribution in [0.4, 0.5) is 4.39 Å². The highest BCUT2D eigenvalue weighted by Gasteiger charge is 2.39. The molecule has 1 fully saturated rings. The number of rotatable bonds is 2. The summed E-state index contributed by atoms with van der Waals surface area (Å²) in [6, 6.07) is 6.53. The van der Waals surface area contributed by atoms with Gasteiger partial charge >= 0.3 is 0 Å². The van der Waals surface area contributed by atoms with Crippen molar-refractivity contribution in [2.45, 2.75) is 52.0 Å². The molecule has 0 unspecified atom stereocenters. The molecule has 0 aliphatic heterocycles. The number of amides is 1. The highest BCUT2D eigenvalue weighted by molar-refractivity contribution is 5.82. The Hall–Kier alpha value is -1.38. The first-order chi connectivity index (χ1) is 8.83. The Morgan fingerprint density at radius 3 is 2.16 bits per heavy atom. The van der Waals surface area contributed by atoms with Crippen LogP contribution >= 0.6 is 0 Å². The molecular weight excluding hydrogens is 241 g/mol. The molecule has 1 aliphatic carbocycles. The number of carbonyl (C=O) groups excluding carboxylic acids is 1. The van der Waals surface area contributed by atoms with Crippen molar-refractivity contribution in [1.29, 1.82) is 0 Å². The van der Waals surface area contributed by atoms with Gasteiger partial charge in [-0.15, -0.1) is 0 Å². The van der Waals surface area contributed by atoms with Gasteiger partial charge < -0.3 is 5.32 Å². The summed E-state index contributed by atoms with van der Waals surface area (Å²) >= 11 is 0. The lowest BCUT2D eigenvalue weighted by Crippen LogP contribution is -2.48. The Balaban J connectivity index is 2.28. The molecule has 1 saturated carbocycles. The molecule has 0 spiro atoms. The Labute approximate surface area is 114 Å². The molecule has 1 N–H and O–H groups in total. The third-order valence-corrected chi connectivity index (χ3v) is 3.89. The molecule has 2 rings (SSSR count). The molecule has 1 aliphatic rings. The Bertz CT molecular complexity index is 453. The summed E-state index contributed by atoms with van der Waals surface area (Å²) in [6.45, 7) is 5.74. The second-order valence-electron chi connectivity index (χ2n) is 6.50. The summed E-state index contributed by atoms with van der Waals surface area (Å²) in [4.78, 5) is 12.3. The molecule has 3 heteroatoms. The fourth-order valence-corrected chi connectivity index (χ4v) is 2.64. The van der Waals surface area contributed by atoms with Crippen LogP contribution in [0.2, 0.25) is 0 Å². The summed E-state index contributed by atoms with van der Waals surface area (Å²) in [5, 5.41) is 3.21. The van der Waals surface area contributed by atoms with Gasteiger partial charge in [0.2, 0.25) is 5.91 Å². The van der Waals surface area contributed by atoms with E-state index in [1.165, 1.54) is 12.1 Å². The van der Waals surface area contributed by atoms with Crippen molar-refractivity contribution in [3.05, 3.63) is 35.6 Å². The van der Waals surface area contributed by atoms with Crippen molar-refractivity contribution in [3.8, 4) is 0 Å². The van der Waals surface area contributed by atoms with Gasteiger partial charge in [-0.25, -0.2) is 4.39 Å². The van der Waals surface area contributed by atoms with Crippen LogP contribution in [-0.4, -0.2) is 5.91 Å². The zero-order valence-corrected chi connectivity index (χ0v) is 11.9. The molecule has 0 heterocycles. The molecule has 1 amide bonds. The molecule has 2 nitrogen and oxygen atoms in total. The lowest BCUT2D eigenvalue weighted by atomic mass is 9.85. The normalized spacial score (nSPS) is 18.3. The van der Waals surface area contributed by atoms with Crippen LogP contribution in [0, 0.1) is 11.2 Å². The zero-order valence-electron chi connectivity index (χ0n) is 11.9. The highest BCUT2D eigenvalue weighted by atomic mass is 19.1. The predicted molar refractivity (Wildman–Crippen MR) is 74.1 cm³/mol. The maximum atomic E-state index is 13.1. The maximum absolute atomic E-state index is 13.1. The summed E-state index contributed by atoms with van der Waals surface area (Å²) in [5.41, 5.74) is 0.303. The number of hydrogen-bond donors (Lipinski definition) is 1. The van der Waals surface area contributed by atoms with E-state index in [1.807, 2.05) is 20.8 Å². The third kappa shape index (κ3) is 2.96. The Kier molecular flexibility index (Phi) is 3.66. The van der Waals surface area contributed by atoms with E-state index in [9.17, 15) is 9.18 Å². The molecule has 0 radical (unpaired) electrons. The van der Waals surface area contributed by atoms with Crippen molar-refractivity contribution in [2.24, 2.45) is 5.41 Å². The van der Waals surface area contributed by atoms with Crippen molar-refractivity contribution in [3.63, 3.8) is 0 Å². The number of hydrogen-bond acceptors (Lipinski definition) is 1. The fourth-order valence-electron chi connectivity index (χ4n) is 2.64. The first-order valence-corrected chi connectivity index (χ1v) is 6.92. The third-order valence-electron chi connectivity index (χ3n) is 3.89. The number of carbonyl (C=O) groups is 1. The monoisotopic (exact) mass is 263 g/mol. The second-order valence-corrected chi connectivity index (χ2v) is 6.50. The molecule has 0 bridgehead atoms. The average molecular weight is 263 g/mol. The average Bonchev–Trinajstić information content (AvgIpc) is 2.78. The largest absolute Gasteiger partial charge is 0.346 e. The lowest BCUT2D eigenvalue weighted by Gasteiger charge is -2.34. The predicted octanol–water partition coefficient (Wildman–Crippen LogP) is 3.76. The topological polar surface area (TPSA) is 29.1 Å². The SMILES string of the molecule is CC(C)(C)C(=O)NC1(c2ccc(F)cc2)CCCC1. The van der Waals surface area contributed by atoms with Gasteiger partial charge in [-0.05, 0) is 30.5 Å². The van der Waals surface area contributed by atoms with Gasteiger partial charge in [-0.1, -0.05) is 45.7 Å². The van der Waals surface area contributed by atoms with E-state index in [-0.39, 0.29) is 17.3 Å². The standard InChI is InChI=1S/C16H22FNO/c1-15(2,3)14(19)18-16(10-4-5-11-16)12-6-8-13(17)9-7-12/h6-9H,4-5,10-11H2,1-3H3,(H,18,19). The zero-order chi connectivity index (χ0) is 14.1. The number of nitrogens with one attached hydrogen (secondary N) is 1. The first kappa shape index (κ1) is 14.0. The minimum atomic E-state index is -0.407. The van der Waals surface area contributed by atoms with Gasteiger partial charge in [0.15, 0.2) is 0 Å². The van der Waals surface area contributed by atoms with Gasteiger partial charge in [0.1, 0.15) is 5.82 Å². The summed E-state index contributed by atoms with van der Waals surface area (Å²) < 4.78 is 13.1. The highest BCUT2D eigenvalue weighted by Crippen LogP contribution is 2.39. The smallest absolute Gasteiger partial charge is 0.226 e. The quantitative estimate of drug-likeness (QED) is 0.865. The maximum Gasteiger partial charge on any atom is 0.226 e. The summed E-state index contributed by atoms with van der Waals surface area (Å²) in [5.74, 6) is -0.183. The van der Waals surface area contributed by atoms with Crippen LogP contribution in [0.25, 0.3) is 0 Å². The summed E-state index contributed by atoms with van der Waals surface area (Å²) in [6.07, 6.45) is 4.06. The molecule has 1 aromatic carbocycles. The van der Waals surface area contributed by atoms with E-state index in [0.29, 0.717) is 0 Å².